The van der Waals surface area contributed by atoms with E-state index < -0.39 is 0 Å². The number of aromatic nitrogens is 2. The maximum atomic E-state index is 6.18. The van der Waals surface area contributed by atoms with E-state index in [1.54, 1.807) is 0 Å². The minimum Gasteiger partial charge on any atom is -0.368 e. The van der Waals surface area contributed by atoms with Crippen LogP contribution < -0.4 is 5.32 Å². The molecule has 1 heterocycles. The van der Waals surface area contributed by atoms with Crippen LogP contribution in [0.25, 0.3) is 0 Å². The van der Waals surface area contributed by atoms with Crippen molar-refractivity contribution in [3.05, 3.63) is 51.9 Å². The van der Waals surface area contributed by atoms with Crippen LogP contribution in [-0.2, 0) is 6.42 Å². The molecular formula is C14H15Cl2N3. The minimum atomic E-state index is 0.282. The van der Waals surface area contributed by atoms with E-state index in [2.05, 4.69) is 29.1 Å². The van der Waals surface area contributed by atoms with Crippen LogP contribution in [0.3, 0.4) is 0 Å². The minimum absolute atomic E-state index is 0.282. The molecule has 0 atom stereocenters. The molecule has 3 nitrogen and oxygen atoms in total. The second-order valence-corrected chi connectivity index (χ2v) is 5.39. The molecule has 2 rings (SSSR count). The molecule has 100 valence electrons. The van der Waals surface area contributed by atoms with E-state index in [9.17, 15) is 0 Å². The predicted molar refractivity (Wildman–Crippen MR) is 80.1 cm³/mol. The molecule has 5 heteroatoms. The van der Waals surface area contributed by atoms with Crippen molar-refractivity contribution in [3.63, 3.8) is 0 Å². The zero-order valence-electron chi connectivity index (χ0n) is 10.8. The molecule has 0 bridgehead atoms. The fourth-order valence-electron chi connectivity index (χ4n) is 1.80. The summed E-state index contributed by atoms with van der Waals surface area (Å²) in [5, 5.41) is 4.46. The van der Waals surface area contributed by atoms with Crippen LogP contribution in [0.1, 0.15) is 25.0 Å². The van der Waals surface area contributed by atoms with Crippen molar-refractivity contribution in [3.8, 4) is 0 Å². The summed E-state index contributed by atoms with van der Waals surface area (Å²) in [6.07, 6.45) is 2.11. The van der Waals surface area contributed by atoms with Crippen molar-refractivity contribution in [2.75, 3.05) is 5.32 Å². The van der Waals surface area contributed by atoms with Crippen molar-refractivity contribution >= 4 is 29.0 Å². The highest BCUT2D eigenvalue weighted by molar-refractivity contribution is 6.31. The second kappa shape index (κ2) is 6.22. The first-order chi connectivity index (χ1) is 9.06. The van der Waals surface area contributed by atoms with E-state index in [-0.39, 0.29) is 6.04 Å². The molecule has 1 N–H and O–H groups in total. The smallest absolute Gasteiger partial charge is 0.138 e. The van der Waals surface area contributed by atoms with Crippen molar-refractivity contribution < 1.29 is 0 Å². The largest absolute Gasteiger partial charge is 0.368 e. The second-order valence-electron chi connectivity index (χ2n) is 4.60. The predicted octanol–water partition coefficient (Wildman–Crippen LogP) is 4.19. The Labute approximate surface area is 123 Å². The summed E-state index contributed by atoms with van der Waals surface area (Å²) >= 11 is 12.2. The van der Waals surface area contributed by atoms with Crippen molar-refractivity contribution in [1.29, 1.82) is 0 Å². The van der Waals surface area contributed by atoms with E-state index in [1.807, 2.05) is 24.3 Å². The molecule has 0 radical (unpaired) electrons. The Hall–Kier alpha value is -1.32. The van der Waals surface area contributed by atoms with Gasteiger partial charge in [0, 0.05) is 23.0 Å². The Kier molecular flexibility index (Phi) is 4.61. The van der Waals surface area contributed by atoms with Gasteiger partial charge >= 0.3 is 0 Å². The van der Waals surface area contributed by atoms with Crippen molar-refractivity contribution in [1.82, 2.24) is 9.97 Å². The Morgan fingerprint density at radius 2 is 2.00 bits per heavy atom. The molecule has 2 aromatic rings. The summed E-state index contributed by atoms with van der Waals surface area (Å²) in [4.78, 5) is 8.31. The maximum Gasteiger partial charge on any atom is 0.138 e. The number of hydrogen-bond donors (Lipinski definition) is 1. The SMILES string of the molecule is CC(C)Nc1ncnc(Cl)c1Cc1cccc(Cl)c1. The van der Waals surface area contributed by atoms with Crippen LogP contribution in [0.4, 0.5) is 5.82 Å². The van der Waals surface area contributed by atoms with Gasteiger partial charge in [0.1, 0.15) is 17.3 Å². The van der Waals surface area contributed by atoms with Gasteiger partial charge in [0.2, 0.25) is 0 Å². The first-order valence-corrected chi connectivity index (χ1v) is 6.82. The third-order valence-electron chi connectivity index (χ3n) is 2.59. The fraction of sp³-hybridized carbons (Fsp3) is 0.286. The van der Waals surface area contributed by atoms with Gasteiger partial charge in [-0.25, -0.2) is 9.97 Å². The van der Waals surface area contributed by atoms with Gasteiger partial charge in [-0.3, -0.25) is 0 Å². The van der Waals surface area contributed by atoms with E-state index >= 15 is 0 Å². The third-order valence-corrected chi connectivity index (χ3v) is 3.15. The van der Waals surface area contributed by atoms with Gasteiger partial charge in [-0.15, -0.1) is 0 Å². The third kappa shape index (κ3) is 3.82. The average molecular weight is 296 g/mol. The number of benzene rings is 1. The van der Waals surface area contributed by atoms with Gasteiger partial charge < -0.3 is 5.32 Å². The lowest BCUT2D eigenvalue weighted by Crippen LogP contribution is -2.13. The van der Waals surface area contributed by atoms with Gasteiger partial charge in [0.25, 0.3) is 0 Å². The zero-order chi connectivity index (χ0) is 13.8. The fourth-order valence-corrected chi connectivity index (χ4v) is 2.21. The molecule has 1 aromatic heterocycles. The van der Waals surface area contributed by atoms with Gasteiger partial charge in [0.05, 0.1) is 0 Å². The molecule has 0 amide bonds. The van der Waals surface area contributed by atoms with E-state index in [4.69, 9.17) is 23.2 Å². The Balaban J connectivity index is 2.33. The molecular weight excluding hydrogens is 281 g/mol. The highest BCUT2D eigenvalue weighted by Crippen LogP contribution is 2.24. The molecule has 0 aliphatic carbocycles. The molecule has 0 saturated heterocycles. The first kappa shape index (κ1) is 14.1. The van der Waals surface area contributed by atoms with Crippen LogP contribution in [-0.4, -0.2) is 16.0 Å². The van der Waals surface area contributed by atoms with Crippen LogP contribution in [0, 0.1) is 0 Å². The lowest BCUT2D eigenvalue weighted by molar-refractivity contribution is 0.878. The highest BCUT2D eigenvalue weighted by atomic mass is 35.5. The molecule has 0 spiro atoms. The zero-order valence-corrected chi connectivity index (χ0v) is 12.3. The Bertz CT molecular complexity index is 570. The molecule has 0 unspecified atom stereocenters. The topological polar surface area (TPSA) is 37.8 Å². The summed E-state index contributed by atoms with van der Waals surface area (Å²) in [5.74, 6) is 0.773. The summed E-state index contributed by atoms with van der Waals surface area (Å²) in [5.41, 5.74) is 1.97. The Morgan fingerprint density at radius 3 is 2.68 bits per heavy atom. The highest BCUT2D eigenvalue weighted by Gasteiger charge is 2.11. The quantitative estimate of drug-likeness (QED) is 0.859. The first-order valence-electron chi connectivity index (χ1n) is 6.06. The molecule has 19 heavy (non-hydrogen) atoms. The average Bonchev–Trinajstić information content (AvgIpc) is 2.33. The van der Waals surface area contributed by atoms with Crippen LogP contribution in [0.15, 0.2) is 30.6 Å². The summed E-state index contributed by atoms with van der Waals surface area (Å²) in [7, 11) is 0. The van der Waals surface area contributed by atoms with Gasteiger partial charge in [-0.1, -0.05) is 35.3 Å². The van der Waals surface area contributed by atoms with Crippen LogP contribution in [0.5, 0.6) is 0 Å². The molecule has 0 aliphatic rings. The summed E-state index contributed by atoms with van der Waals surface area (Å²) in [6.45, 7) is 4.11. The molecule has 0 fully saturated rings. The van der Waals surface area contributed by atoms with Crippen LogP contribution >= 0.6 is 23.2 Å². The molecule has 1 aromatic carbocycles. The number of rotatable bonds is 4. The lowest BCUT2D eigenvalue weighted by atomic mass is 10.1. The maximum absolute atomic E-state index is 6.18. The van der Waals surface area contributed by atoms with Gasteiger partial charge in [-0.05, 0) is 31.5 Å². The number of nitrogens with one attached hydrogen (secondary N) is 1. The number of hydrogen-bond acceptors (Lipinski definition) is 3. The van der Waals surface area contributed by atoms with E-state index in [0.717, 1.165) is 16.9 Å². The van der Waals surface area contributed by atoms with Crippen LogP contribution in [0.2, 0.25) is 10.2 Å². The van der Waals surface area contributed by atoms with E-state index in [1.165, 1.54) is 6.33 Å². The molecule has 0 saturated carbocycles. The Morgan fingerprint density at radius 1 is 1.21 bits per heavy atom. The van der Waals surface area contributed by atoms with Crippen molar-refractivity contribution in [2.24, 2.45) is 0 Å². The standard InChI is InChI=1S/C14H15Cl2N3/c1-9(2)19-14-12(13(16)17-8-18-14)7-10-4-3-5-11(15)6-10/h3-6,8-9H,7H2,1-2H3,(H,17,18,19). The van der Waals surface area contributed by atoms with Crippen molar-refractivity contribution in [2.45, 2.75) is 26.3 Å². The number of nitrogens with zero attached hydrogens (tertiary/aromatic N) is 2. The normalized spacial score (nSPS) is 10.8. The monoisotopic (exact) mass is 295 g/mol. The number of anilines is 1. The van der Waals surface area contributed by atoms with E-state index in [0.29, 0.717) is 16.6 Å². The number of halogens is 2. The molecule has 0 aliphatic heterocycles. The van der Waals surface area contributed by atoms with Gasteiger partial charge in [-0.2, -0.15) is 0 Å². The van der Waals surface area contributed by atoms with Gasteiger partial charge in [0.15, 0.2) is 0 Å². The lowest BCUT2D eigenvalue weighted by Gasteiger charge is -2.14. The summed E-state index contributed by atoms with van der Waals surface area (Å²) in [6, 6.07) is 7.98. The summed E-state index contributed by atoms with van der Waals surface area (Å²) < 4.78 is 0.